The average Bonchev–Trinajstić information content (AvgIpc) is 3.63. The maximum atomic E-state index is 13.2. The van der Waals surface area contributed by atoms with Crippen molar-refractivity contribution in [3.05, 3.63) is 101 Å². The van der Waals surface area contributed by atoms with E-state index in [1.54, 1.807) is 30.5 Å². The Bertz CT molecular complexity index is 2610. The van der Waals surface area contributed by atoms with Gasteiger partial charge >= 0.3 is 0 Å². The number of rotatable bonds is 13. The van der Waals surface area contributed by atoms with Crippen LogP contribution < -0.4 is 31.5 Å². The average molecular weight is 962 g/mol. The molecule has 4 aliphatic heterocycles. The second kappa shape index (κ2) is 20.1. The molecule has 0 saturated carbocycles. The summed E-state index contributed by atoms with van der Waals surface area (Å²) in [5.74, 6) is 6.30. The Morgan fingerprint density at radius 1 is 0.969 bits per heavy atom. The summed E-state index contributed by atoms with van der Waals surface area (Å²) >= 11 is 3.54. The summed E-state index contributed by atoms with van der Waals surface area (Å²) in [6, 6.07) is 18.8. The third kappa shape index (κ3) is 10.8. The van der Waals surface area contributed by atoms with Crippen LogP contribution in [-0.2, 0) is 25.5 Å². The van der Waals surface area contributed by atoms with E-state index in [9.17, 15) is 23.7 Å². The van der Waals surface area contributed by atoms with Gasteiger partial charge in [-0.3, -0.25) is 29.4 Å². The van der Waals surface area contributed by atoms with Crippen molar-refractivity contribution in [1.29, 1.82) is 0 Å². The lowest BCUT2D eigenvalue weighted by atomic mass is 10.0. The lowest BCUT2D eigenvalue weighted by Gasteiger charge is -2.43. The topological polar surface area (TPSA) is 172 Å². The number of anilines is 6. The molecule has 0 radical (unpaired) electrons. The second-order valence-electron chi connectivity index (χ2n) is 17.2. The first kappa shape index (κ1) is 45.7. The number of imide groups is 1. The number of piperazine rings is 1. The van der Waals surface area contributed by atoms with E-state index in [1.807, 2.05) is 54.6 Å². The zero-order valence-electron chi connectivity index (χ0n) is 36.7. The smallest absolute Gasteiger partial charge is 0.255 e. The first-order valence-corrected chi connectivity index (χ1v) is 25.5. The molecule has 1 aromatic heterocycles. The van der Waals surface area contributed by atoms with Gasteiger partial charge < -0.3 is 35.2 Å². The quantitative estimate of drug-likeness (QED) is 0.0390. The molecule has 4 N–H and O–H groups in total. The van der Waals surface area contributed by atoms with Crippen molar-refractivity contribution in [2.45, 2.75) is 57.2 Å². The Morgan fingerprint density at radius 3 is 2.51 bits per heavy atom. The van der Waals surface area contributed by atoms with Crippen LogP contribution in [0.5, 0.6) is 0 Å². The summed E-state index contributed by atoms with van der Waals surface area (Å²) in [5, 5.41) is 12.7. The number of carbonyl (C=O) groups is 4. The van der Waals surface area contributed by atoms with Gasteiger partial charge in [0.1, 0.15) is 19.0 Å². The van der Waals surface area contributed by atoms with Gasteiger partial charge in [-0.2, -0.15) is 4.98 Å². The highest BCUT2D eigenvalue weighted by atomic mass is 79.9. The van der Waals surface area contributed by atoms with E-state index >= 15 is 0 Å². The molecule has 65 heavy (non-hydrogen) atoms. The first-order valence-electron chi connectivity index (χ1n) is 22.1. The van der Waals surface area contributed by atoms with Crippen molar-refractivity contribution in [2.75, 3.05) is 80.0 Å². The zero-order chi connectivity index (χ0) is 45.7. The molecule has 1 atom stereocenters. The maximum Gasteiger partial charge on any atom is 0.255 e. The minimum absolute atomic E-state index is 0.185. The molecule has 15 nitrogen and oxygen atoms in total. The minimum Gasteiger partial charge on any atom is -0.370 e. The monoisotopic (exact) mass is 960 g/mol. The van der Waals surface area contributed by atoms with Crippen molar-refractivity contribution >= 4 is 86.5 Å². The molecule has 338 valence electrons. The van der Waals surface area contributed by atoms with Crippen LogP contribution in [0.2, 0.25) is 0 Å². The van der Waals surface area contributed by atoms with E-state index in [0.29, 0.717) is 57.9 Å². The van der Waals surface area contributed by atoms with Crippen LogP contribution in [0, 0.1) is 11.8 Å². The Balaban J connectivity index is 0.813. The number of unbranched alkanes of at least 4 members (excludes halogenated alkanes) is 1. The highest BCUT2D eigenvalue weighted by Gasteiger charge is 2.39. The summed E-state index contributed by atoms with van der Waals surface area (Å²) in [5.41, 5.74) is 5.27. The van der Waals surface area contributed by atoms with Gasteiger partial charge in [0.2, 0.25) is 23.7 Å². The lowest BCUT2D eigenvalue weighted by molar-refractivity contribution is -0.137. The summed E-state index contributed by atoms with van der Waals surface area (Å²) in [7, 11) is -2.55. The molecular weight excluding hydrogens is 907 g/mol. The van der Waals surface area contributed by atoms with E-state index in [-0.39, 0.29) is 24.1 Å². The molecule has 3 aromatic carbocycles. The number of para-hydroxylation sites is 1. The molecule has 0 aliphatic carbocycles. The van der Waals surface area contributed by atoms with E-state index in [4.69, 9.17) is 4.98 Å². The summed E-state index contributed by atoms with van der Waals surface area (Å²) in [6.45, 7) is 14.2. The van der Waals surface area contributed by atoms with Crippen molar-refractivity contribution in [2.24, 2.45) is 0 Å². The number of halogens is 1. The number of nitrogens with one attached hydrogen (secondary N) is 4. The molecule has 3 fully saturated rings. The van der Waals surface area contributed by atoms with Crippen LogP contribution in [0.4, 0.5) is 34.5 Å². The maximum absolute atomic E-state index is 13.2. The van der Waals surface area contributed by atoms with Crippen LogP contribution in [0.25, 0.3) is 0 Å². The molecular formula is C48H54BrN10O5P. The Hall–Kier alpha value is -5.85. The summed E-state index contributed by atoms with van der Waals surface area (Å²) in [4.78, 5) is 68.1. The second-order valence-corrected chi connectivity index (χ2v) is 21.2. The van der Waals surface area contributed by atoms with Crippen LogP contribution >= 0.6 is 23.1 Å². The fourth-order valence-corrected chi connectivity index (χ4v) is 10.5. The van der Waals surface area contributed by atoms with Gasteiger partial charge in [0.25, 0.3) is 5.91 Å². The normalized spacial score (nSPS) is 18.4. The highest BCUT2D eigenvalue weighted by molar-refractivity contribution is 9.10. The molecule has 0 spiro atoms. The SMILES string of the molecule is C=CC(=O)Nc1cc(Nc2ncc(Br)c(Nc3ccccc3P(C)(C)=O)n2)ccc1N1CCC(N2CCN(CCCC#Cc3cccc4c3CN(C3CCC(=O)NC3=O)C4=O)CC2)CC1. The molecule has 0 bridgehead atoms. The Labute approximate surface area is 388 Å². The molecule has 17 heteroatoms. The molecule has 8 rings (SSSR count). The van der Waals surface area contributed by atoms with Gasteiger partial charge in [0.15, 0.2) is 0 Å². The third-order valence-electron chi connectivity index (χ3n) is 12.5. The van der Waals surface area contributed by atoms with Crippen LogP contribution in [-0.4, -0.2) is 120 Å². The zero-order valence-corrected chi connectivity index (χ0v) is 39.2. The fraction of sp³-hybridized carbons (Fsp3) is 0.375. The number of piperidine rings is 2. The van der Waals surface area contributed by atoms with Gasteiger partial charge in [-0.1, -0.05) is 36.6 Å². The van der Waals surface area contributed by atoms with Gasteiger partial charge in [0, 0.05) is 93.0 Å². The number of carbonyl (C=O) groups excluding carboxylic acids is 4. The van der Waals surface area contributed by atoms with Crippen LogP contribution in [0.3, 0.4) is 0 Å². The number of aromatic nitrogens is 2. The van der Waals surface area contributed by atoms with E-state index in [1.165, 1.54) is 6.08 Å². The van der Waals surface area contributed by atoms with Gasteiger partial charge in [0.05, 0.1) is 21.5 Å². The van der Waals surface area contributed by atoms with Gasteiger partial charge in [-0.25, -0.2) is 4.98 Å². The number of hydrogen-bond acceptors (Lipinski definition) is 12. The molecule has 3 saturated heterocycles. The number of benzene rings is 3. The number of fused-ring (bicyclic) bond motifs is 1. The molecule has 1 unspecified atom stereocenters. The summed E-state index contributed by atoms with van der Waals surface area (Å²) < 4.78 is 13.6. The van der Waals surface area contributed by atoms with E-state index in [0.717, 1.165) is 93.6 Å². The number of nitrogens with zero attached hydrogens (tertiary/aromatic N) is 6. The van der Waals surface area contributed by atoms with E-state index < -0.39 is 19.1 Å². The number of hydrogen-bond donors (Lipinski definition) is 4. The number of amides is 4. The predicted octanol–water partition coefficient (Wildman–Crippen LogP) is 6.28. The van der Waals surface area contributed by atoms with Crippen LogP contribution in [0.1, 0.15) is 60.0 Å². The third-order valence-corrected chi connectivity index (χ3v) is 14.6. The Morgan fingerprint density at radius 2 is 1.75 bits per heavy atom. The largest absolute Gasteiger partial charge is 0.370 e. The predicted molar refractivity (Wildman–Crippen MR) is 259 cm³/mol. The van der Waals surface area contributed by atoms with Gasteiger partial charge in [-0.05, 0) is 116 Å². The fourth-order valence-electron chi connectivity index (χ4n) is 9.07. The molecule has 4 aromatic rings. The summed E-state index contributed by atoms with van der Waals surface area (Å²) in [6.07, 6.45) is 7.21. The standard InChI is InChI=1S/C48H54BrN10O5P/c1-4-43(60)52-39-29-33(51-48-50-30-37(49)45(55-48)53-38-14-7-8-15-42(38)65(2,3)64)16-17-40(39)58-23-20-34(21-24-58)57-27-25-56(26-28-57)22-9-5-6-11-32-12-10-13-35-36(32)31-59(47(35)63)41-18-19-44(61)54-46(41)62/h4,7-8,10,12-17,29-30,34,41H,1,5,9,18-28,31H2,2-3H3,(H,52,60)(H,54,61,62)(H2,50,51,53,55). The molecule has 4 aliphatic rings. The van der Waals surface area contributed by atoms with E-state index in [2.05, 4.69) is 75.3 Å². The van der Waals surface area contributed by atoms with Gasteiger partial charge in [-0.15, -0.1) is 0 Å². The van der Waals surface area contributed by atoms with Crippen molar-refractivity contribution in [1.82, 2.24) is 30.0 Å². The highest BCUT2D eigenvalue weighted by Crippen LogP contribution is 2.39. The van der Waals surface area contributed by atoms with Crippen molar-refractivity contribution in [3.63, 3.8) is 0 Å². The Kier molecular flexibility index (Phi) is 14.2. The first-order chi connectivity index (χ1) is 31.3. The molecule has 5 heterocycles. The molecule has 4 amide bonds. The van der Waals surface area contributed by atoms with Crippen molar-refractivity contribution in [3.8, 4) is 11.8 Å². The lowest BCUT2D eigenvalue weighted by Crippen LogP contribution is -2.53. The van der Waals surface area contributed by atoms with Crippen molar-refractivity contribution < 1.29 is 23.7 Å². The minimum atomic E-state index is -2.55. The van der Waals surface area contributed by atoms with Crippen LogP contribution in [0.15, 0.2) is 84.0 Å².